The zero-order valence-corrected chi connectivity index (χ0v) is 10.9. The molecule has 0 aliphatic rings. The van der Waals surface area contributed by atoms with Gasteiger partial charge in [-0.2, -0.15) is 0 Å². The van der Waals surface area contributed by atoms with E-state index in [1.807, 2.05) is 0 Å². The van der Waals surface area contributed by atoms with Crippen molar-refractivity contribution in [2.75, 3.05) is 25.1 Å². The maximum Gasteiger partial charge on any atom is 0.0917 e. The number of aliphatic hydroxyl groups is 1. The minimum atomic E-state index is 0.271. The van der Waals surface area contributed by atoms with Gasteiger partial charge < -0.3 is 10.0 Å². The molecule has 80 valence electrons. The highest BCUT2D eigenvalue weighted by Gasteiger charge is 2.10. The molecule has 0 radical (unpaired) electrons. The van der Waals surface area contributed by atoms with Gasteiger partial charge in [-0.1, -0.05) is 6.92 Å². The van der Waals surface area contributed by atoms with E-state index in [4.69, 9.17) is 5.11 Å². The Morgan fingerprint density at radius 1 is 1.57 bits per heavy atom. The molecule has 0 bridgehead atoms. The molecule has 1 N–H and O–H groups in total. The lowest BCUT2D eigenvalue weighted by molar-refractivity contribution is 0.226. The van der Waals surface area contributed by atoms with Gasteiger partial charge in [0.05, 0.1) is 8.79 Å². The maximum atomic E-state index is 9.09. The first-order valence-electron chi connectivity index (χ1n) is 4.74. The fourth-order valence-electron chi connectivity index (χ4n) is 1.30. The second-order valence-electron chi connectivity index (χ2n) is 3.42. The Labute approximate surface area is 97.7 Å². The predicted octanol–water partition coefficient (Wildman–Crippen LogP) is 2.97. The molecule has 0 aliphatic carbocycles. The molecular formula is C10H16BrNOS. The fraction of sp³-hybridized carbons (Fsp3) is 0.600. The number of aliphatic hydroxyl groups excluding tert-OH is 1. The zero-order chi connectivity index (χ0) is 10.6. The minimum Gasteiger partial charge on any atom is -0.396 e. The topological polar surface area (TPSA) is 23.5 Å². The van der Waals surface area contributed by atoms with Gasteiger partial charge in [-0.3, -0.25) is 0 Å². The Kier molecular flexibility index (Phi) is 4.92. The number of rotatable bonds is 5. The molecule has 0 fully saturated rings. The van der Waals surface area contributed by atoms with Crippen LogP contribution in [0.1, 0.15) is 13.3 Å². The Balaban J connectivity index is 2.53. The van der Waals surface area contributed by atoms with E-state index >= 15 is 0 Å². The van der Waals surface area contributed by atoms with Crippen molar-refractivity contribution in [1.29, 1.82) is 0 Å². The van der Waals surface area contributed by atoms with Gasteiger partial charge in [0.1, 0.15) is 0 Å². The number of thiophene rings is 1. The highest BCUT2D eigenvalue weighted by molar-refractivity contribution is 9.11. The molecule has 2 nitrogen and oxygen atoms in total. The van der Waals surface area contributed by atoms with Crippen LogP contribution in [-0.4, -0.2) is 25.3 Å². The normalized spacial score (nSPS) is 12.9. The van der Waals surface area contributed by atoms with Gasteiger partial charge in [-0.05, 0) is 40.4 Å². The van der Waals surface area contributed by atoms with Gasteiger partial charge >= 0.3 is 0 Å². The van der Waals surface area contributed by atoms with E-state index in [1.165, 1.54) is 5.00 Å². The van der Waals surface area contributed by atoms with Crippen molar-refractivity contribution in [3.63, 3.8) is 0 Å². The molecule has 0 aliphatic heterocycles. The van der Waals surface area contributed by atoms with Crippen molar-refractivity contribution in [3.8, 4) is 0 Å². The average Bonchev–Trinajstić information content (AvgIpc) is 2.61. The molecule has 1 heterocycles. The highest BCUT2D eigenvalue weighted by Crippen LogP contribution is 2.29. The second-order valence-corrected chi connectivity index (χ2v) is 5.86. The first-order valence-corrected chi connectivity index (χ1v) is 6.35. The molecule has 0 amide bonds. The Morgan fingerprint density at radius 2 is 2.29 bits per heavy atom. The van der Waals surface area contributed by atoms with Crippen LogP contribution in [-0.2, 0) is 0 Å². The van der Waals surface area contributed by atoms with Crippen LogP contribution in [0.2, 0.25) is 0 Å². The molecule has 1 aromatic heterocycles. The summed E-state index contributed by atoms with van der Waals surface area (Å²) >= 11 is 5.16. The number of anilines is 1. The number of halogens is 1. The third-order valence-electron chi connectivity index (χ3n) is 2.30. The third-order valence-corrected chi connectivity index (χ3v) is 4.04. The van der Waals surface area contributed by atoms with Crippen LogP contribution in [0.25, 0.3) is 0 Å². The fourth-order valence-corrected chi connectivity index (χ4v) is 2.64. The first kappa shape index (κ1) is 12.0. The number of hydrogen-bond acceptors (Lipinski definition) is 3. The van der Waals surface area contributed by atoms with Crippen molar-refractivity contribution in [2.24, 2.45) is 5.92 Å². The van der Waals surface area contributed by atoms with Gasteiger partial charge in [0.15, 0.2) is 0 Å². The maximum absolute atomic E-state index is 9.09. The van der Waals surface area contributed by atoms with Crippen LogP contribution >= 0.6 is 27.3 Å². The van der Waals surface area contributed by atoms with E-state index in [1.54, 1.807) is 11.3 Å². The average molecular weight is 278 g/mol. The smallest absolute Gasteiger partial charge is 0.0917 e. The molecular weight excluding hydrogens is 262 g/mol. The summed E-state index contributed by atoms with van der Waals surface area (Å²) in [6, 6.07) is 4.15. The summed E-state index contributed by atoms with van der Waals surface area (Å²) in [5.41, 5.74) is 0. The van der Waals surface area contributed by atoms with Gasteiger partial charge in [0.25, 0.3) is 0 Å². The van der Waals surface area contributed by atoms with Crippen LogP contribution < -0.4 is 4.90 Å². The van der Waals surface area contributed by atoms with Gasteiger partial charge in [-0.25, -0.2) is 0 Å². The van der Waals surface area contributed by atoms with Crippen molar-refractivity contribution in [3.05, 3.63) is 15.9 Å². The Bertz CT molecular complexity index is 273. The van der Waals surface area contributed by atoms with Crippen LogP contribution in [0.4, 0.5) is 5.00 Å². The van der Waals surface area contributed by atoms with Crippen molar-refractivity contribution in [1.82, 2.24) is 0 Å². The monoisotopic (exact) mass is 277 g/mol. The highest BCUT2D eigenvalue weighted by atomic mass is 79.9. The second kappa shape index (κ2) is 5.73. The summed E-state index contributed by atoms with van der Waals surface area (Å²) in [5, 5.41) is 10.3. The summed E-state index contributed by atoms with van der Waals surface area (Å²) in [5.74, 6) is 0.376. The molecule has 0 saturated carbocycles. The van der Waals surface area contributed by atoms with E-state index in [0.717, 1.165) is 16.8 Å². The lowest BCUT2D eigenvalue weighted by atomic mass is 10.1. The largest absolute Gasteiger partial charge is 0.396 e. The van der Waals surface area contributed by atoms with Gasteiger partial charge in [-0.15, -0.1) is 11.3 Å². The molecule has 0 spiro atoms. The van der Waals surface area contributed by atoms with Gasteiger partial charge in [0, 0.05) is 20.2 Å². The molecule has 14 heavy (non-hydrogen) atoms. The van der Waals surface area contributed by atoms with Crippen LogP contribution in [0.15, 0.2) is 15.9 Å². The van der Waals surface area contributed by atoms with Gasteiger partial charge in [0.2, 0.25) is 0 Å². The predicted molar refractivity (Wildman–Crippen MR) is 66.2 cm³/mol. The SMILES string of the molecule is CCC(CO)CN(C)c1ccc(Br)s1. The summed E-state index contributed by atoms with van der Waals surface area (Å²) in [4.78, 5) is 2.19. The van der Waals surface area contributed by atoms with Crippen LogP contribution in [0.3, 0.4) is 0 Å². The van der Waals surface area contributed by atoms with E-state index in [2.05, 4.69) is 46.9 Å². The van der Waals surface area contributed by atoms with Crippen molar-refractivity contribution in [2.45, 2.75) is 13.3 Å². The Morgan fingerprint density at radius 3 is 2.71 bits per heavy atom. The summed E-state index contributed by atoms with van der Waals surface area (Å²) in [6.45, 7) is 3.30. The Hall–Kier alpha value is -0.0600. The summed E-state index contributed by atoms with van der Waals surface area (Å²) in [7, 11) is 2.07. The first-order chi connectivity index (χ1) is 6.67. The van der Waals surface area contributed by atoms with Crippen molar-refractivity contribution < 1.29 is 5.11 Å². The molecule has 0 aromatic carbocycles. The van der Waals surface area contributed by atoms with E-state index in [9.17, 15) is 0 Å². The molecule has 0 saturated heterocycles. The lowest BCUT2D eigenvalue weighted by Gasteiger charge is -2.22. The lowest BCUT2D eigenvalue weighted by Crippen LogP contribution is -2.26. The number of hydrogen-bond donors (Lipinski definition) is 1. The quantitative estimate of drug-likeness (QED) is 0.895. The van der Waals surface area contributed by atoms with Crippen LogP contribution in [0.5, 0.6) is 0 Å². The van der Waals surface area contributed by atoms with Crippen LogP contribution in [0, 0.1) is 5.92 Å². The standard InChI is InChI=1S/C10H16BrNOS/c1-3-8(7-13)6-12(2)10-5-4-9(11)14-10/h4-5,8,13H,3,6-7H2,1-2H3. The van der Waals surface area contributed by atoms with Crippen molar-refractivity contribution >= 4 is 32.3 Å². The molecule has 4 heteroatoms. The molecule has 1 atom stereocenters. The third kappa shape index (κ3) is 3.26. The summed E-state index contributed by atoms with van der Waals surface area (Å²) in [6.07, 6.45) is 1.02. The molecule has 1 aromatic rings. The van der Waals surface area contributed by atoms with E-state index in [0.29, 0.717) is 5.92 Å². The zero-order valence-electron chi connectivity index (χ0n) is 8.53. The molecule has 1 unspecified atom stereocenters. The summed E-state index contributed by atoms with van der Waals surface area (Å²) < 4.78 is 1.15. The van der Waals surface area contributed by atoms with E-state index in [-0.39, 0.29) is 6.61 Å². The van der Waals surface area contributed by atoms with E-state index < -0.39 is 0 Å². The number of nitrogens with zero attached hydrogens (tertiary/aromatic N) is 1. The minimum absolute atomic E-state index is 0.271. The molecule has 1 rings (SSSR count).